The maximum Gasteiger partial charge on any atom is 0.673 e. The Balaban J connectivity index is 0.000000347. The fourth-order valence-corrected chi connectivity index (χ4v) is 1.95. The lowest BCUT2D eigenvalue weighted by molar-refractivity contribution is -0.671. The van der Waals surface area contributed by atoms with Gasteiger partial charge in [0.15, 0.2) is 0 Å². The molecule has 0 aliphatic heterocycles. The Hall–Kier alpha value is -1.79. The van der Waals surface area contributed by atoms with E-state index in [1.165, 1.54) is 5.56 Å². The van der Waals surface area contributed by atoms with Gasteiger partial charge in [0.25, 0.3) is 0 Å². The lowest BCUT2D eigenvalue weighted by Crippen LogP contribution is -2.24. The van der Waals surface area contributed by atoms with Gasteiger partial charge in [-0.05, 0) is 12.0 Å². The monoisotopic (exact) mass is 288 g/mol. The molecule has 0 amide bonds. The van der Waals surface area contributed by atoms with E-state index in [-0.39, 0.29) is 0 Å². The zero-order chi connectivity index (χ0) is 15.2. The molecule has 0 saturated heterocycles. The van der Waals surface area contributed by atoms with E-state index >= 15 is 0 Å². The molecule has 110 valence electrons. The molecule has 0 aliphatic rings. The highest BCUT2D eigenvalue weighted by molar-refractivity contribution is 6.50. The number of aryl methyl sites for hydroxylation is 1. The van der Waals surface area contributed by atoms with Gasteiger partial charge in [-0.15, -0.1) is 0 Å². The molecule has 0 saturated carbocycles. The molecule has 1 heterocycles. The predicted octanol–water partition coefficient (Wildman–Crippen LogP) is 3.61. The van der Waals surface area contributed by atoms with Crippen molar-refractivity contribution in [3.8, 4) is 0 Å². The van der Waals surface area contributed by atoms with Crippen molar-refractivity contribution < 1.29 is 21.8 Å². The van der Waals surface area contributed by atoms with E-state index in [0.29, 0.717) is 6.04 Å². The highest BCUT2D eigenvalue weighted by Gasteiger charge is 2.20. The second-order valence-corrected chi connectivity index (χ2v) is 4.36. The van der Waals surface area contributed by atoms with Crippen LogP contribution in [0.3, 0.4) is 0 Å². The summed E-state index contributed by atoms with van der Waals surface area (Å²) in [6, 6.07) is 11.1. The van der Waals surface area contributed by atoms with Crippen LogP contribution < -0.4 is 4.57 Å². The predicted molar refractivity (Wildman–Crippen MR) is 70.7 cm³/mol. The van der Waals surface area contributed by atoms with Crippen molar-refractivity contribution in [2.75, 3.05) is 0 Å². The van der Waals surface area contributed by atoms with Crippen LogP contribution in [0.5, 0.6) is 0 Å². The Labute approximate surface area is 115 Å². The van der Waals surface area contributed by atoms with Crippen molar-refractivity contribution in [3.05, 3.63) is 54.6 Å². The van der Waals surface area contributed by atoms with E-state index in [9.17, 15) is 17.3 Å². The summed E-state index contributed by atoms with van der Waals surface area (Å²) in [7, 11) is -3.95. The van der Waals surface area contributed by atoms with Crippen molar-refractivity contribution in [2.45, 2.75) is 19.4 Å². The molecule has 2 nitrogen and oxygen atoms in total. The molecule has 1 aromatic carbocycles. The van der Waals surface area contributed by atoms with Gasteiger partial charge in [0.2, 0.25) is 6.33 Å². The van der Waals surface area contributed by atoms with Crippen LogP contribution in [0.25, 0.3) is 0 Å². The molecule has 20 heavy (non-hydrogen) atoms. The first kappa shape index (κ1) is 16.3. The van der Waals surface area contributed by atoms with Crippen LogP contribution in [0.4, 0.5) is 17.3 Å². The molecule has 0 aliphatic carbocycles. The van der Waals surface area contributed by atoms with Gasteiger partial charge >= 0.3 is 7.25 Å². The van der Waals surface area contributed by atoms with E-state index in [0.717, 1.165) is 6.42 Å². The molecular weight excluding hydrogens is 271 g/mol. The Morgan fingerprint density at radius 3 is 2.10 bits per heavy atom. The van der Waals surface area contributed by atoms with Crippen molar-refractivity contribution in [1.82, 2.24) is 4.57 Å². The molecule has 7 heteroatoms. The zero-order valence-corrected chi connectivity index (χ0v) is 11.4. The molecule has 1 aromatic heterocycles. The van der Waals surface area contributed by atoms with Gasteiger partial charge in [0, 0.05) is 0 Å². The fourth-order valence-electron chi connectivity index (χ4n) is 1.95. The van der Waals surface area contributed by atoms with Crippen molar-refractivity contribution in [3.63, 3.8) is 0 Å². The molecule has 0 fully saturated rings. The summed E-state index contributed by atoms with van der Waals surface area (Å²) in [5.41, 5.74) is 1.37. The normalized spacial score (nSPS) is 12.5. The minimum Gasteiger partial charge on any atom is -0.418 e. The van der Waals surface area contributed by atoms with E-state index in [2.05, 4.69) is 65.1 Å². The third-order valence-electron chi connectivity index (χ3n) is 2.72. The summed E-state index contributed by atoms with van der Waals surface area (Å²) in [5.74, 6) is 0. The molecule has 2 aromatic rings. The highest BCUT2D eigenvalue weighted by Crippen LogP contribution is 2.20. The van der Waals surface area contributed by atoms with Crippen molar-refractivity contribution in [2.24, 2.45) is 7.05 Å². The van der Waals surface area contributed by atoms with Gasteiger partial charge in [-0.25, -0.2) is 9.13 Å². The van der Waals surface area contributed by atoms with E-state index in [4.69, 9.17) is 0 Å². The molecule has 0 N–H and O–H groups in total. The number of aromatic nitrogens is 2. The molecule has 0 spiro atoms. The lowest BCUT2D eigenvalue weighted by atomic mass is 10.0. The summed E-state index contributed by atoms with van der Waals surface area (Å²) >= 11 is 0. The Bertz CT molecular complexity index is 505. The number of hydrogen-bond acceptors (Lipinski definition) is 0. The Morgan fingerprint density at radius 2 is 1.70 bits per heavy atom. The molecule has 0 radical (unpaired) electrons. The second kappa shape index (κ2) is 7.12. The van der Waals surface area contributed by atoms with Gasteiger partial charge in [-0.3, -0.25) is 0 Å². The number of hydrogen-bond donors (Lipinski definition) is 0. The van der Waals surface area contributed by atoms with Crippen LogP contribution in [0.1, 0.15) is 24.9 Å². The summed E-state index contributed by atoms with van der Waals surface area (Å²) in [5, 5.41) is 0. The summed E-state index contributed by atoms with van der Waals surface area (Å²) in [6.07, 6.45) is 7.44. The number of nitrogens with zero attached hydrogens (tertiary/aromatic N) is 2. The van der Waals surface area contributed by atoms with Crippen LogP contribution in [0.15, 0.2) is 49.1 Å². The molecule has 1 atom stereocenters. The average Bonchev–Trinajstić information content (AvgIpc) is 2.76. The Kier molecular flexibility index (Phi) is 5.79. The number of imidazole rings is 1. The minimum absolute atomic E-state index is 0.451. The summed E-state index contributed by atoms with van der Waals surface area (Å²) < 4.78 is 43.3. The highest BCUT2D eigenvalue weighted by atomic mass is 19.5. The van der Waals surface area contributed by atoms with Crippen LogP contribution >= 0.6 is 0 Å². The van der Waals surface area contributed by atoms with Gasteiger partial charge in [0.1, 0.15) is 18.4 Å². The van der Waals surface area contributed by atoms with Crippen LogP contribution in [0, 0.1) is 0 Å². The van der Waals surface area contributed by atoms with Crippen LogP contribution in [0.2, 0.25) is 0 Å². The summed E-state index contributed by atoms with van der Waals surface area (Å²) in [6.45, 7) is 2.22. The molecule has 0 bridgehead atoms. The van der Waals surface area contributed by atoms with E-state index in [1.807, 2.05) is 7.05 Å². The van der Waals surface area contributed by atoms with Crippen molar-refractivity contribution in [1.29, 1.82) is 0 Å². The van der Waals surface area contributed by atoms with Crippen LogP contribution in [-0.2, 0) is 7.05 Å². The molecular formula is C13H17BF4N2. The van der Waals surface area contributed by atoms with Gasteiger partial charge in [-0.2, -0.15) is 0 Å². The number of halogens is 4. The van der Waals surface area contributed by atoms with Gasteiger partial charge in [-0.1, -0.05) is 37.3 Å². The zero-order valence-electron chi connectivity index (χ0n) is 11.4. The molecule has 1 unspecified atom stereocenters. The smallest absolute Gasteiger partial charge is 0.418 e. The maximum atomic E-state index is 9.75. The first-order valence-corrected chi connectivity index (χ1v) is 6.26. The fraction of sp³-hybridized carbons (Fsp3) is 0.308. The second-order valence-electron chi connectivity index (χ2n) is 4.36. The quantitative estimate of drug-likeness (QED) is 0.463. The minimum atomic E-state index is -6.00. The van der Waals surface area contributed by atoms with Crippen LogP contribution in [-0.4, -0.2) is 11.8 Å². The number of rotatable bonds is 3. The molecule has 2 rings (SSSR count). The summed E-state index contributed by atoms with van der Waals surface area (Å²) in [4.78, 5) is 0. The van der Waals surface area contributed by atoms with Crippen molar-refractivity contribution >= 4 is 7.25 Å². The van der Waals surface area contributed by atoms with E-state index < -0.39 is 7.25 Å². The van der Waals surface area contributed by atoms with Gasteiger partial charge < -0.3 is 17.3 Å². The standard InChI is InChI=1S/C13H17N2.BF4/c1-3-13(12-7-5-4-6-8-12)15-10-9-14(2)11-15;2-1(3,4)5/h4-11,13H,3H2,1-2H3;/q+1;-1. The largest absolute Gasteiger partial charge is 0.673 e. The third kappa shape index (κ3) is 5.90. The van der Waals surface area contributed by atoms with Gasteiger partial charge in [0.05, 0.1) is 7.05 Å². The van der Waals surface area contributed by atoms with E-state index in [1.54, 1.807) is 0 Å². The Morgan fingerprint density at radius 1 is 1.15 bits per heavy atom. The SMILES string of the molecule is CCC(c1ccccc1)n1cc[n+](C)c1.F[B-](F)(F)F. The third-order valence-corrected chi connectivity index (χ3v) is 2.72. The first-order valence-electron chi connectivity index (χ1n) is 6.26. The average molecular weight is 288 g/mol. The first-order chi connectivity index (χ1) is 9.31. The lowest BCUT2D eigenvalue weighted by Gasteiger charge is -2.11. The topological polar surface area (TPSA) is 8.81 Å². The number of benzene rings is 1. The maximum absolute atomic E-state index is 9.75.